The average Bonchev–Trinajstić information content (AvgIpc) is 2.43. The fourth-order valence-electron chi connectivity index (χ4n) is 1.58. The summed E-state index contributed by atoms with van der Waals surface area (Å²) in [5.41, 5.74) is 0.784. The van der Waals surface area contributed by atoms with Crippen LogP contribution in [0.3, 0.4) is 0 Å². The summed E-state index contributed by atoms with van der Waals surface area (Å²) >= 11 is 5.65. The molecule has 7 heteroatoms. The Morgan fingerprint density at radius 2 is 2.05 bits per heavy atom. The van der Waals surface area contributed by atoms with E-state index < -0.39 is 10.7 Å². The van der Waals surface area contributed by atoms with Gasteiger partial charge in [0.1, 0.15) is 11.9 Å². The van der Waals surface area contributed by atoms with Gasteiger partial charge in [-0.1, -0.05) is 11.6 Å². The van der Waals surface area contributed by atoms with E-state index in [2.05, 4.69) is 5.32 Å². The molecule has 5 nitrogen and oxygen atoms in total. The number of hydrogen-bond acceptors (Lipinski definition) is 4. The predicted octanol–water partition coefficient (Wildman–Crippen LogP) is 4.00. The van der Waals surface area contributed by atoms with E-state index in [0.29, 0.717) is 11.4 Å². The fraction of sp³-hybridized carbons (Fsp3) is 0. The molecule has 0 aliphatic carbocycles. The van der Waals surface area contributed by atoms with Gasteiger partial charge in [0.15, 0.2) is 0 Å². The Kier molecular flexibility index (Phi) is 3.82. The van der Waals surface area contributed by atoms with E-state index in [4.69, 9.17) is 16.9 Å². The summed E-state index contributed by atoms with van der Waals surface area (Å²) < 4.78 is 13.0. The minimum Gasteiger partial charge on any atom is -0.354 e. The van der Waals surface area contributed by atoms with Crippen LogP contribution >= 0.6 is 11.6 Å². The van der Waals surface area contributed by atoms with Crippen LogP contribution in [0.15, 0.2) is 36.4 Å². The van der Waals surface area contributed by atoms with Crippen molar-refractivity contribution in [1.29, 1.82) is 5.26 Å². The van der Waals surface area contributed by atoms with E-state index in [0.717, 1.165) is 6.07 Å². The summed E-state index contributed by atoms with van der Waals surface area (Å²) in [5.74, 6) is -0.554. The molecule has 0 atom stereocenters. The van der Waals surface area contributed by atoms with Crippen molar-refractivity contribution in [2.45, 2.75) is 0 Å². The van der Waals surface area contributed by atoms with Crippen molar-refractivity contribution in [3.05, 3.63) is 62.9 Å². The number of benzene rings is 2. The number of nitrogens with zero attached hydrogens (tertiary/aromatic N) is 2. The third-order valence-electron chi connectivity index (χ3n) is 2.53. The van der Waals surface area contributed by atoms with Crippen LogP contribution in [0, 0.1) is 27.3 Å². The summed E-state index contributed by atoms with van der Waals surface area (Å²) in [5, 5.41) is 22.4. The van der Waals surface area contributed by atoms with Crippen molar-refractivity contribution < 1.29 is 9.31 Å². The molecule has 0 radical (unpaired) electrons. The molecule has 2 rings (SSSR count). The zero-order valence-electron chi connectivity index (χ0n) is 9.93. The maximum atomic E-state index is 13.0. The maximum absolute atomic E-state index is 13.0. The van der Waals surface area contributed by atoms with Crippen LogP contribution in [0.2, 0.25) is 5.02 Å². The third kappa shape index (κ3) is 2.84. The van der Waals surface area contributed by atoms with Crippen LogP contribution in [0.25, 0.3) is 0 Å². The molecule has 0 spiro atoms. The van der Waals surface area contributed by atoms with Crippen molar-refractivity contribution in [1.82, 2.24) is 0 Å². The number of hydrogen-bond donors (Lipinski definition) is 1. The second kappa shape index (κ2) is 5.55. The Labute approximate surface area is 118 Å². The molecule has 0 amide bonds. The molecule has 100 valence electrons. The van der Waals surface area contributed by atoms with Gasteiger partial charge in [-0.3, -0.25) is 10.1 Å². The molecule has 0 bridgehead atoms. The molecule has 0 aromatic heterocycles. The minimum absolute atomic E-state index is 0.0598. The summed E-state index contributed by atoms with van der Waals surface area (Å²) in [6.45, 7) is 0. The van der Waals surface area contributed by atoms with E-state index in [9.17, 15) is 14.5 Å². The molecule has 20 heavy (non-hydrogen) atoms. The normalized spacial score (nSPS) is 9.85. The Morgan fingerprint density at radius 1 is 1.30 bits per heavy atom. The number of halogens is 2. The van der Waals surface area contributed by atoms with E-state index in [1.807, 2.05) is 6.07 Å². The molecule has 0 saturated heterocycles. The standard InChI is InChI=1S/C13H7ClFN3O2/c14-11-6-9(1-3-12(11)15)17-13-4-2-10(18(19)20)5-8(13)7-16/h1-6,17H. The van der Waals surface area contributed by atoms with Gasteiger partial charge in [-0.15, -0.1) is 0 Å². The van der Waals surface area contributed by atoms with E-state index in [1.54, 1.807) is 0 Å². The highest BCUT2D eigenvalue weighted by atomic mass is 35.5. The quantitative estimate of drug-likeness (QED) is 0.684. The lowest BCUT2D eigenvalue weighted by atomic mass is 10.1. The van der Waals surface area contributed by atoms with Crippen LogP contribution in [0.5, 0.6) is 0 Å². The Balaban J connectivity index is 2.36. The Hall–Kier alpha value is -2.65. The largest absolute Gasteiger partial charge is 0.354 e. The number of nitro groups is 1. The number of nitro benzene ring substituents is 1. The minimum atomic E-state index is -0.584. The number of nitriles is 1. The summed E-state index contributed by atoms with van der Waals surface area (Å²) in [6, 6.07) is 9.70. The molecule has 0 aliphatic heterocycles. The van der Waals surface area contributed by atoms with Crippen LogP contribution in [-0.2, 0) is 0 Å². The summed E-state index contributed by atoms with van der Waals surface area (Å²) in [6.07, 6.45) is 0. The monoisotopic (exact) mass is 291 g/mol. The lowest BCUT2D eigenvalue weighted by Gasteiger charge is -2.08. The van der Waals surface area contributed by atoms with Gasteiger partial charge in [0.2, 0.25) is 0 Å². The average molecular weight is 292 g/mol. The van der Waals surface area contributed by atoms with Gasteiger partial charge in [0.05, 0.1) is 21.2 Å². The highest BCUT2D eigenvalue weighted by Crippen LogP contribution is 2.27. The maximum Gasteiger partial charge on any atom is 0.270 e. The van der Waals surface area contributed by atoms with Crippen molar-refractivity contribution >= 4 is 28.7 Å². The Bertz CT molecular complexity index is 728. The first-order valence-electron chi connectivity index (χ1n) is 5.42. The van der Waals surface area contributed by atoms with Crippen molar-refractivity contribution in [3.63, 3.8) is 0 Å². The van der Waals surface area contributed by atoms with Crippen LogP contribution < -0.4 is 5.32 Å². The SMILES string of the molecule is N#Cc1cc([N+](=O)[O-])ccc1Nc1ccc(F)c(Cl)c1. The first kappa shape index (κ1) is 13.8. The lowest BCUT2D eigenvalue weighted by Crippen LogP contribution is -1.96. The topological polar surface area (TPSA) is 79.0 Å². The molecule has 2 aromatic carbocycles. The molecular formula is C13H7ClFN3O2. The number of nitrogens with one attached hydrogen (secondary N) is 1. The molecular weight excluding hydrogens is 285 g/mol. The van der Waals surface area contributed by atoms with Crippen LogP contribution in [0.4, 0.5) is 21.5 Å². The molecule has 0 aliphatic rings. The number of rotatable bonds is 3. The smallest absolute Gasteiger partial charge is 0.270 e. The van der Waals surface area contributed by atoms with Gasteiger partial charge in [-0.2, -0.15) is 5.26 Å². The second-order valence-electron chi connectivity index (χ2n) is 3.85. The first-order chi connectivity index (χ1) is 9.51. The van der Waals surface area contributed by atoms with Gasteiger partial charge in [-0.05, 0) is 24.3 Å². The first-order valence-corrected chi connectivity index (χ1v) is 5.79. The zero-order chi connectivity index (χ0) is 14.7. The van der Waals surface area contributed by atoms with E-state index in [1.165, 1.54) is 30.3 Å². The fourth-order valence-corrected chi connectivity index (χ4v) is 1.76. The van der Waals surface area contributed by atoms with Crippen molar-refractivity contribution in [2.24, 2.45) is 0 Å². The van der Waals surface area contributed by atoms with Gasteiger partial charge in [0, 0.05) is 17.8 Å². The second-order valence-corrected chi connectivity index (χ2v) is 4.26. The lowest BCUT2D eigenvalue weighted by molar-refractivity contribution is -0.384. The van der Waals surface area contributed by atoms with Gasteiger partial charge in [-0.25, -0.2) is 4.39 Å². The molecule has 0 fully saturated rings. The predicted molar refractivity (Wildman–Crippen MR) is 72.5 cm³/mol. The Morgan fingerprint density at radius 3 is 2.65 bits per heavy atom. The highest BCUT2D eigenvalue weighted by Gasteiger charge is 2.11. The van der Waals surface area contributed by atoms with Gasteiger partial charge in [0.25, 0.3) is 5.69 Å². The third-order valence-corrected chi connectivity index (χ3v) is 2.82. The molecule has 0 saturated carbocycles. The van der Waals surface area contributed by atoms with Gasteiger partial charge >= 0.3 is 0 Å². The summed E-state index contributed by atoms with van der Waals surface area (Å²) in [7, 11) is 0. The van der Waals surface area contributed by atoms with Gasteiger partial charge < -0.3 is 5.32 Å². The van der Waals surface area contributed by atoms with Crippen molar-refractivity contribution in [3.8, 4) is 6.07 Å². The van der Waals surface area contributed by atoms with E-state index >= 15 is 0 Å². The molecule has 2 aromatic rings. The van der Waals surface area contributed by atoms with Crippen molar-refractivity contribution in [2.75, 3.05) is 5.32 Å². The summed E-state index contributed by atoms with van der Waals surface area (Å²) in [4.78, 5) is 10.1. The van der Waals surface area contributed by atoms with E-state index in [-0.39, 0.29) is 16.3 Å². The molecule has 0 unspecified atom stereocenters. The molecule has 1 N–H and O–H groups in total. The highest BCUT2D eigenvalue weighted by molar-refractivity contribution is 6.31. The van der Waals surface area contributed by atoms with Crippen LogP contribution in [0.1, 0.15) is 5.56 Å². The zero-order valence-corrected chi connectivity index (χ0v) is 10.7. The number of non-ortho nitro benzene ring substituents is 1. The molecule has 0 heterocycles. The van der Waals surface area contributed by atoms with Crippen LogP contribution in [-0.4, -0.2) is 4.92 Å². The number of anilines is 2.